The number of nitrogens with zero attached hydrogens (tertiary/aromatic N) is 2. The van der Waals surface area contributed by atoms with E-state index in [0.717, 1.165) is 39.6 Å². The lowest BCUT2D eigenvalue weighted by molar-refractivity contribution is 0.284. The fourth-order valence-corrected chi connectivity index (χ4v) is 6.69. The molecule has 2 heterocycles. The zero-order valence-electron chi connectivity index (χ0n) is 18.5. The van der Waals surface area contributed by atoms with Gasteiger partial charge in [0, 0.05) is 11.8 Å². The maximum Gasteiger partial charge on any atom is 0.161 e. The Morgan fingerprint density at radius 2 is 1.64 bits per heavy atom. The van der Waals surface area contributed by atoms with Gasteiger partial charge in [0.2, 0.25) is 0 Å². The van der Waals surface area contributed by atoms with Crippen LogP contribution in [0.5, 0.6) is 11.5 Å². The zero-order valence-corrected chi connectivity index (χ0v) is 20.1. The minimum absolute atomic E-state index is 0.332. The molecule has 1 saturated heterocycles. The summed E-state index contributed by atoms with van der Waals surface area (Å²) in [7, 11) is 1.69. The third kappa shape index (κ3) is 5.07. The van der Waals surface area contributed by atoms with Crippen LogP contribution >= 0.6 is 23.5 Å². The molecule has 4 nitrogen and oxygen atoms in total. The SMILES string of the molecule is COc1cc(-c2cn(-c3ccccc3)nc2C2SCCCS2)ccc1OCc1ccccc1. The van der Waals surface area contributed by atoms with Crippen LogP contribution in [0.15, 0.2) is 85.1 Å². The van der Waals surface area contributed by atoms with E-state index < -0.39 is 0 Å². The van der Waals surface area contributed by atoms with Crippen LogP contribution in [0.25, 0.3) is 16.8 Å². The predicted octanol–water partition coefficient (Wildman–Crippen LogP) is 7.00. The van der Waals surface area contributed by atoms with Gasteiger partial charge in [0.15, 0.2) is 11.5 Å². The van der Waals surface area contributed by atoms with Crippen LogP contribution in [0.2, 0.25) is 0 Å². The molecule has 0 atom stereocenters. The molecule has 1 aliphatic rings. The van der Waals surface area contributed by atoms with Crippen LogP contribution in [0.1, 0.15) is 22.3 Å². The standard InChI is InChI=1S/C27H26N2O2S2/c1-30-25-17-21(13-14-24(25)31-19-20-9-4-2-5-10-20)23-18-29(22-11-6-3-7-12-22)28-26(23)27-32-15-8-16-33-27/h2-7,9-14,17-18,27H,8,15-16,19H2,1H3. The van der Waals surface area contributed by atoms with Crippen molar-refractivity contribution in [3.8, 4) is 28.3 Å². The summed E-state index contributed by atoms with van der Waals surface area (Å²) in [6.07, 6.45) is 3.39. The molecular weight excluding hydrogens is 448 g/mol. The Morgan fingerprint density at radius 3 is 2.36 bits per heavy atom. The lowest BCUT2D eigenvalue weighted by Crippen LogP contribution is -2.03. The first-order valence-electron chi connectivity index (χ1n) is 11.0. The van der Waals surface area contributed by atoms with Crippen LogP contribution in [0.4, 0.5) is 0 Å². The van der Waals surface area contributed by atoms with Crippen LogP contribution in [0, 0.1) is 0 Å². The third-order valence-corrected chi connectivity index (χ3v) is 8.44. The summed E-state index contributed by atoms with van der Waals surface area (Å²) in [5, 5.41) is 5.04. The molecule has 0 unspecified atom stereocenters. The number of para-hydroxylation sites is 1. The minimum Gasteiger partial charge on any atom is -0.493 e. The first-order chi connectivity index (χ1) is 16.3. The van der Waals surface area contributed by atoms with E-state index in [1.165, 1.54) is 17.9 Å². The Morgan fingerprint density at radius 1 is 0.909 bits per heavy atom. The van der Waals surface area contributed by atoms with Crippen molar-refractivity contribution < 1.29 is 9.47 Å². The highest BCUT2D eigenvalue weighted by Gasteiger charge is 2.25. The predicted molar refractivity (Wildman–Crippen MR) is 139 cm³/mol. The van der Waals surface area contributed by atoms with Crippen LogP contribution in [-0.2, 0) is 6.61 Å². The van der Waals surface area contributed by atoms with Crippen LogP contribution in [-0.4, -0.2) is 28.4 Å². The van der Waals surface area contributed by atoms with E-state index in [1.54, 1.807) is 7.11 Å². The number of thioether (sulfide) groups is 2. The van der Waals surface area contributed by atoms with Gasteiger partial charge in [-0.25, -0.2) is 4.68 Å². The van der Waals surface area contributed by atoms with Gasteiger partial charge >= 0.3 is 0 Å². The largest absolute Gasteiger partial charge is 0.493 e. The molecule has 0 spiro atoms. The van der Waals surface area contributed by atoms with Crippen molar-refractivity contribution in [2.24, 2.45) is 0 Å². The van der Waals surface area contributed by atoms with E-state index in [-0.39, 0.29) is 0 Å². The van der Waals surface area contributed by atoms with Gasteiger partial charge in [0.25, 0.3) is 0 Å². The summed E-state index contributed by atoms with van der Waals surface area (Å²) >= 11 is 3.97. The van der Waals surface area contributed by atoms with Gasteiger partial charge in [0.1, 0.15) is 6.61 Å². The van der Waals surface area contributed by atoms with E-state index >= 15 is 0 Å². The van der Waals surface area contributed by atoms with E-state index in [1.807, 2.05) is 70.7 Å². The number of ether oxygens (including phenoxy) is 2. The lowest BCUT2D eigenvalue weighted by atomic mass is 10.1. The summed E-state index contributed by atoms with van der Waals surface area (Å²) in [6, 6.07) is 26.6. The highest BCUT2D eigenvalue weighted by atomic mass is 32.2. The molecule has 3 aromatic carbocycles. The van der Waals surface area contributed by atoms with Crippen LogP contribution in [0.3, 0.4) is 0 Å². The molecule has 4 aromatic rings. The molecule has 0 N–H and O–H groups in total. The smallest absolute Gasteiger partial charge is 0.161 e. The number of methoxy groups -OCH3 is 1. The molecule has 1 aromatic heterocycles. The Hall–Kier alpha value is -2.83. The summed E-state index contributed by atoms with van der Waals surface area (Å²) < 4.78 is 14.1. The minimum atomic E-state index is 0.332. The summed E-state index contributed by atoms with van der Waals surface area (Å²) in [5.41, 5.74) is 5.53. The van der Waals surface area contributed by atoms with Crippen molar-refractivity contribution in [1.29, 1.82) is 0 Å². The van der Waals surface area contributed by atoms with Crippen LogP contribution < -0.4 is 9.47 Å². The Kier molecular flexibility index (Phi) is 6.93. The maximum absolute atomic E-state index is 6.07. The van der Waals surface area contributed by atoms with Crippen molar-refractivity contribution >= 4 is 23.5 Å². The van der Waals surface area contributed by atoms with E-state index in [2.05, 4.69) is 42.6 Å². The molecule has 0 bridgehead atoms. The molecule has 1 fully saturated rings. The monoisotopic (exact) mass is 474 g/mol. The maximum atomic E-state index is 6.07. The Balaban J connectivity index is 1.48. The van der Waals surface area contributed by atoms with Gasteiger partial charge in [-0.3, -0.25) is 0 Å². The van der Waals surface area contributed by atoms with Crippen molar-refractivity contribution in [3.63, 3.8) is 0 Å². The van der Waals surface area contributed by atoms with Gasteiger partial charge in [0.05, 0.1) is 23.1 Å². The summed E-state index contributed by atoms with van der Waals surface area (Å²) in [4.78, 5) is 0. The molecule has 33 heavy (non-hydrogen) atoms. The van der Waals surface area contributed by atoms with E-state index in [4.69, 9.17) is 14.6 Å². The highest BCUT2D eigenvalue weighted by molar-refractivity contribution is 8.16. The lowest BCUT2D eigenvalue weighted by Gasteiger charge is -2.20. The zero-order chi connectivity index (χ0) is 22.5. The normalized spacial score (nSPS) is 14.2. The second kappa shape index (κ2) is 10.4. The molecule has 168 valence electrons. The molecule has 1 aliphatic heterocycles. The number of hydrogen-bond acceptors (Lipinski definition) is 5. The second-order valence-electron chi connectivity index (χ2n) is 7.78. The van der Waals surface area contributed by atoms with Crippen molar-refractivity contribution in [2.45, 2.75) is 17.6 Å². The Bertz CT molecular complexity index is 1190. The molecular formula is C27H26N2O2S2. The molecule has 0 amide bonds. The van der Waals surface area contributed by atoms with Gasteiger partial charge in [-0.05, 0) is 53.3 Å². The second-order valence-corrected chi connectivity index (χ2v) is 10.5. The Labute approximate surface area is 203 Å². The first-order valence-corrected chi connectivity index (χ1v) is 13.1. The molecule has 6 heteroatoms. The highest BCUT2D eigenvalue weighted by Crippen LogP contribution is 2.47. The molecule has 5 rings (SSSR count). The molecule has 0 saturated carbocycles. The molecule has 0 radical (unpaired) electrons. The van der Waals surface area contributed by atoms with Gasteiger partial charge in [-0.1, -0.05) is 54.6 Å². The van der Waals surface area contributed by atoms with E-state index in [9.17, 15) is 0 Å². The fraction of sp³-hybridized carbons (Fsp3) is 0.222. The number of rotatable bonds is 7. The molecule has 0 aliphatic carbocycles. The van der Waals surface area contributed by atoms with Crippen molar-refractivity contribution in [1.82, 2.24) is 9.78 Å². The first kappa shape index (κ1) is 22.0. The quantitative estimate of drug-likeness (QED) is 0.288. The van der Waals surface area contributed by atoms with Crippen molar-refractivity contribution in [3.05, 3.63) is 96.3 Å². The van der Waals surface area contributed by atoms with Crippen molar-refractivity contribution in [2.75, 3.05) is 18.6 Å². The van der Waals surface area contributed by atoms with Gasteiger partial charge in [-0.2, -0.15) is 5.10 Å². The topological polar surface area (TPSA) is 36.3 Å². The average molecular weight is 475 g/mol. The average Bonchev–Trinajstić information content (AvgIpc) is 3.35. The van der Waals surface area contributed by atoms with E-state index in [0.29, 0.717) is 11.2 Å². The third-order valence-electron chi connectivity index (χ3n) is 5.53. The van der Waals surface area contributed by atoms with Gasteiger partial charge in [-0.15, -0.1) is 23.5 Å². The number of benzene rings is 3. The number of hydrogen-bond donors (Lipinski definition) is 0. The fourth-order valence-electron chi connectivity index (χ4n) is 3.83. The summed E-state index contributed by atoms with van der Waals surface area (Å²) in [6.45, 7) is 0.503. The summed E-state index contributed by atoms with van der Waals surface area (Å²) in [5.74, 6) is 3.81. The van der Waals surface area contributed by atoms with Gasteiger partial charge < -0.3 is 9.47 Å². The number of aromatic nitrogens is 2.